The number of allylic oxidation sites excluding steroid dienone is 5. The summed E-state index contributed by atoms with van der Waals surface area (Å²) in [5.41, 5.74) is 8.55. The van der Waals surface area contributed by atoms with E-state index in [4.69, 9.17) is 33.7 Å². The molecule has 1 aliphatic rings. The molecule has 5 rings (SSSR count). The van der Waals surface area contributed by atoms with Crippen LogP contribution in [0, 0.1) is 23.3 Å². The number of hydrogen-bond donors (Lipinski definition) is 2. The second-order valence-corrected chi connectivity index (χ2v) is 28.3. The molecule has 2 N–H and O–H groups in total. The summed E-state index contributed by atoms with van der Waals surface area (Å²) >= 11 is 0. The maximum atomic E-state index is 12.7. The summed E-state index contributed by atoms with van der Waals surface area (Å²) in [6, 6.07) is 34.8. The predicted molar refractivity (Wildman–Crippen MR) is 314 cm³/mol. The molecule has 0 heterocycles. The summed E-state index contributed by atoms with van der Waals surface area (Å²) in [5.74, 6) is 0. The zero-order valence-corrected chi connectivity index (χ0v) is 49.9. The van der Waals surface area contributed by atoms with E-state index in [0.29, 0.717) is 43.7 Å². The van der Waals surface area contributed by atoms with Gasteiger partial charge in [-0.2, -0.15) is 10.2 Å². The van der Waals surface area contributed by atoms with Crippen LogP contribution in [0.5, 0.6) is 0 Å². The third-order valence-electron chi connectivity index (χ3n) is 12.2. The molecule has 78 heavy (non-hydrogen) atoms. The third-order valence-corrected chi connectivity index (χ3v) is 18.6. The molecular weight excluding hydrogens is 1010 g/mol. The van der Waals surface area contributed by atoms with Crippen LogP contribution in [0.1, 0.15) is 112 Å². The average molecular weight is 1100 g/mol. The van der Waals surface area contributed by atoms with Crippen molar-refractivity contribution in [2.45, 2.75) is 158 Å². The zero-order chi connectivity index (χ0) is 56.9. The molecule has 0 aromatic heterocycles. The van der Waals surface area contributed by atoms with Gasteiger partial charge in [-0.1, -0.05) is 68.5 Å². The van der Waals surface area contributed by atoms with Crippen molar-refractivity contribution in [2.24, 2.45) is 15.6 Å². The summed E-state index contributed by atoms with van der Waals surface area (Å²) in [6.07, 6.45) is 8.29. The molecule has 416 valence electrons. The molecule has 0 saturated carbocycles. The number of nitrogens with one attached hydrogen (secondary N) is 2. The van der Waals surface area contributed by atoms with Crippen LogP contribution in [0.3, 0.4) is 0 Å². The van der Waals surface area contributed by atoms with Crippen LogP contribution < -0.4 is 15.5 Å². The van der Waals surface area contributed by atoms with E-state index in [1.54, 1.807) is 0 Å². The Labute approximate surface area is 466 Å². The lowest BCUT2D eigenvalue weighted by Gasteiger charge is -2.31. The third kappa shape index (κ3) is 21.3. The number of carbonyl (C=O) groups is 2. The molecule has 0 radical (unpaired) electrons. The van der Waals surface area contributed by atoms with Gasteiger partial charge >= 0.3 is 29.3 Å². The van der Waals surface area contributed by atoms with Gasteiger partial charge in [0.1, 0.15) is 13.2 Å². The topological polar surface area (TPSA) is 170 Å². The number of nitriles is 1. The summed E-state index contributed by atoms with van der Waals surface area (Å²) in [4.78, 5) is 31.0. The standard InChI is InChI=1S/C61H81N7O8Si2/c1-44(2)73-77(12,74-45(3)4)36-14-34-64-59(69)71-42-49-20-28-55(29-21-49)68(56-30-22-50(23-31-56)43-72-60(70)65-35-15-37-78(13,75-46(5)6)76-47(7)8)57-32-26-54(27-33-57)67-66-53-24-18-48(19-25-53)16-17-51-38-52(58(41-62)63-11)40-61(9,10)39-51/h16-33,38,44-47H,14-15,34-37,39-40,42-43H2,1-10,12-13H3,(H,64,69)(H,65,70)/b17-16+,58-52+,67-66?. The van der Waals surface area contributed by atoms with Gasteiger partial charge < -0.3 is 42.7 Å². The molecule has 0 bridgehead atoms. The molecule has 0 unspecified atom stereocenters. The minimum atomic E-state index is -2.39. The summed E-state index contributed by atoms with van der Waals surface area (Å²) in [6.45, 7) is 33.0. The minimum absolute atomic E-state index is 0.0542. The van der Waals surface area contributed by atoms with E-state index in [2.05, 4.69) is 63.6 Å². The summed E-state index contributed by atoms with van der Waals surface area (Å²) in [5, 5.41) is 24.3. The highest BCUT2D eigenvalue weighted by Gasteiger charge is 2.34. The molecule has 0 aliphatic heterocycles. The quantitative estimate of drug-likeness (QED) is 0.0193. The van der Waals surface area contributed by atoms with E-state index < -0.39 is 29.3 Å². The van der Waals surface area contributed by atoms with Crippen LogP contribution in [0.25, 0.3) is 10.9 Å². The first-order valence-corrected chi connectivity index (χ1v) is 32.1. The maximum absolute atomic E-state index is 12.7. The molecule has 0 fully saturated rings. The van der Waals surface area contributed by atoms with E-state index in [9.17, 15) is 14.9 Å². The molecule has 0 spiro atoms. The van der Waals surface area contributed by atoms with Crippen LogP contribution in [0.4, 0.5) is 38.0 Å². The van der Waals surface area contributed by atoms with Gasteiger partial charge in [-0.15, -0.1) is 0 Å². The van der Waals surface area contributed by atoms with Crippen molar-refractivity contribution in [3.05, 3.63) is 154 Å². The highest BCUT2D eigenvalue weighted by Crippen LogP contribution is 2.40. The van der Waals surface area contributed by atoms with E-state index in [0.717, 1.165) is 63.4 Å². The normalized spacial score (nSPS) is 14.4. The number of benzene rings is 4. The number of alkyl carbamates (subject to hydrolysis) is 2. The van der Waals surface area contributed by atoms with Crippen molar-refractivity contribution in [3.63, 3.8) is 0 Å². The molecule has 15 nitrogen and oxygen atoms in total. The van der Waals surface area contributed by atoms with Gasteiger partial charge in [-0.3, -0.25) is 0 Å². The molecule has 17 heteroatoms. The Bertz CT molecular complexity index is 2650. The van der Waals surface area contributed by atoms with Crippen molar-refractivity contribution in [2.75, 3.05) is 18.0 Å². The number of azo groups is 1. The highest BCUT2D eigenvalue weighted by molar-refractivity contribution is 6.66. The van der Waals surface area contributed by atoms with Crippen LogP contribution in [-0.4, -0.2) is 66.8 Å². The maximum Gasteiger partial charge on any atom is 0.407 e. The van der Waals surface area contributed by atoms with E-state index in [-0.39, 0.29) is 48.7 Å². The predicted octanol–water partition coefficient (Wildman–Crippen LogP) is 16.1. The molecule has 1 aliphatic carbocycles. The number of rotatable bonds is 27. The van der Waals surface area contributed by atoms with Crippen LogP contribution in [0.2, 0.25) is 25.2 Å². The lowest BCUT2D eigenvalue weighted by atomic mass is 9.74. The first kappa shape index (κ1) is 62.1. The largest absolute Gasteiger partial charge is 0.445 e. The van der Waals surface area contributed by atoms with Gasteiger partial charge in [-0.25, -0.2) is 19.7 Å². The van der Waals surface area contributed by atoms with Crippen molar-refractivity contribution < 1.29 is 36.8 Å². The minimum Gasteiger partial charge on any atom is -0.445 e. The van der Waals surface area contributed by atoms with Crippen molar-refractivity contribution in [1.29, 1.82) is 5.26 Å². The van der Waals surface area contributed by atoms with Gasteiger partial charge in [0, 0.05) is 54.6 Å². The molecule has 4 aromatic rings. The van der Waals surface area contributed by atoms with Crippen LogP contribution in [0.15, 0.2) is 136 Å². The molecular formula is C61H81N7O8Si2. The number of amides is 2. The number of anilines is 3. The first-order chi connectivity index (χ1) is 37.0. The molecule has 2 amide bonds. The van der Waals surface area contributed by atoms with Crippen LogP contribution >= 0.6 is 0 Å². The second kappa shape index (κ2) is 29.9. The smallest absolute Gasteiger partial charge is 0.407 e. The average Bonchev–Trinajstić information content (AvgIpc) is 3.38. The molecule has 4 aromatic carbocycles. The fraction of sp³-hybridized carbons (Fsp3) is 0.443. The second-order valence-electron chi connectivity index (χ2n) is 21.8. The van der Waals surface area contributed by atoms with Crippen molar-refractivity contribution in [3.8, 4) is 6.07 Å². The number of ether oxygens (including phenoxy) is 2. The van der Waals surface area contributed by atoms with Gasteiger partial charge in [0.05, 0.1) is 24.0 Å². The monoisotopic (exact) mass is 1100 g/mol. The number of hydrogen-bond acceptors (Lipinski definition) is 12. The Morgan fingerprint density at radius 2 is 1.05 bits per heavy atom. The SMILES string of the molecule is [C-]#[N+]/C(C#N)=C1C=C(/C=C/c2ccc(N=Nc3ccc(N(c4ccc(COC(=O)NCCC[Si](C)(OC(C)C)OC(C)C)cc4)c4ccc(COC(=O)NCCC[Si](C)(OC(C)C)OC(C)C)cc4)cc3)cc2)CC(C)(C)C\1. The molecule has 0 saturated heterocycles. The highest BCUT2D eigenvalue weighted by atomic mass is 28.4. The Morgan fingerprint density at radius 1 is 0.654 bits per heavy atom. The van der Waals surface area contributed by atoms with E-state index in [1.165, 1.54) is 0 Å². The first-order valence-electron chi connectivity index (χ1n) is 27.1. The number of carbonyl (C=O) groups excluding carboxylic acids is 2. The van der Waals surface area contributed by atoms with Gasteiger partial charge in [-0.05, 0) is 200 Å². The Hall–Kier alpha value is -6.71. The van der Waals surface area contributed by atoms with Crippen molar-refractivity contribution in [1.82, 2.24) is 10.6 Å². The zero-order valence-electron chi connectivity index (χ0n) is 47.9. The summed E-state index contributed by atoms with van der Waals surface area (Å²) < 4.78 is 36.0. The van der Waals surface area contributed by atoms with Crippen molar-refractivity contribution >= 4 is 63.8 Å². The number of nitrogens with zero attached hydrogens (tertiary/aromatic N) is 5. The molecule has 0 atom stereocenters. The summed E-state index contributed by atoms with van der Waals surface area (Å²) in [7, 11) is -4.78. The van der Waals surface area contributed by atoms with Gasteiger partial charge in [0.15, 0.2) is 0 Å². The fourth-order valence-electron chi connectivity index (χ4n) is 9.34. The Kier molecular flexibility index (Phi) is 23.8. The van der Waals surface area contributed by atoms with Gasteiger partial charge in [0.2, 0.25) is 0 Å². The Morgan fingerprint density at radius 3 is 1.44 bits per heavy atom. The van der Waals surface area contributed by atoms with E-state index >= 15 is 0 Å². The fourth-order valence-corrected chi connectivity index (χ4v) is 15.5. The van der Waals surface area contributed by atoms with E-state index in [1.807, 2.05) is 171 Å². The van der Waals surface area contributed by atoms with Crippen LogP contribution in [-0.2, 0) is 40.4 Å². The lowest BCUT2D eigenvalue weighted by Crippen LogP contribution is -2.43. The van der Waals surface area contributed by atoms with Gasteiger partial charge in [0.25, 0.3) is 5.70 Å². The lowest BCUT2D eigenvalue weighted by molar-refractivity contribution is 0.108. The Balaban J connectivity index is 1.25.